The van der Waals surface area contributed by atoms with Crippen LogP contribution in [0.1, 0.15) is 0 Å². The number of para-hydroxylation sites is 5. The smallest absolute Gasteiger partial charge is 0.220 e. The average Bonchev–Trinajstić information content (AvgIpc) is 3.98. The minimum absolute atomic E-state index is 0.873. The third kappa shape index (κ3) is 4.03. The van der Waals surface area contributed by atoms with Crippen LogP contribution >= 0.6 is 11.3 Å². The molecule has 5 nitrogen and oxygen atoms in total. The SMILES string of the molecule is c1ccc(-n2c3ccccc3c3ccc4c(nc5n(-c6ccccc6-c6ccccc6-c6nccc7c6sc6ccccc67)c6ccccc6n45)c32)cc1. The quantitative estimate of drug-likeness (QED) is 0.183. The van der Waals surface area contributed by atoms with Crippen LogP contribution in [-0.2, 0) is 0 Å². The van der Waals surface area contributed by atoms with Gasteiger partial charge in [0.05, 0.1) is 43.7 Å². The zero-order valence-corrected chi connectivity index (χ0v) is 29.7. The number of imidazole rings is 2. The summed E-state index contributed by atoms with van der Waals surface area (Å²) < 4.78 is 9.52. The largest absolute Gasteiger partial charge is 0.307 e. The van der Waals surface area contributed by atoms with Crippen LogP contribution in [-0.4, -0.2) is 23.5 Å². The molecule has 0 saturated heterocycles. The summed E-state index contributed by atoms with van der Waals surface area (Å²) in [5, 5.41) is 4.92. The molecule has 0 aliphatic heterocycles. The summed E-state index contributed by atoms with van der Waals surface area (Å²) >= 11 is 1.81. The molecule has 54 heavy (non-hydrogen) atoms. The Morgan fingerprint density at radius 2 is 1.13 bits per heavy atom. The van der Waals surface area contributed by atoms with Gasteiger partial charge < -0.3 is 4.57 Å². The van der Waals surface area contributed by atoms with Crippen LogP contribution in [0.2, 0.25) is 0 Å². The zero-order chi connectivity index (χ0) is 35.3. The maximum absolute atomic E-state index is 5.61. The second-order valence-electron chi connectivity index (χ2n) is 13.8. The van der Waals surface area contributed by atoms with Crippen LogP contribution in [0, 0.1) is 0 Å². The van der Waals surface area contributed by atoms with Gasteiger partial charge in [-0.05, 0) is 66.2 Å². The van der Waals surface area contributed by atoms with E-state index in [2.05, 4.69) is 183 Å². The Morgan fingerprint density at radius 1 is 0.444 bits per heavy atom. The Bertz CT molecular complexity index is 3450. The van der Waals surface area contributed by atoms with E-state index >= 15 is 0 Å². The molecule has 0 saturated carbocycles. The minimum Gasteiger partial charge on any atom is -0.307 e. The number of aromatic nitrogens is 5. The van der Waals surface area contributed by atoms with Crippen molar-refractivity contribution in [1.29, 1.82) is 0 Å². The number of hydrogen-bond acceptors (Lipinski definition) is 3. The highest BCUT2D eigenvalue weighted by Gasteiger charge is 2.24. The first-order chi connectivity index (χ1) is 26.8. The minimum atomic E-state index is 0.873. The van der Waals surface area contributed by atoms with Crippen molar-refractivity contribution in [2.75, 3.05) is 0 Å². The van der Waals surface area contributed by atoms with E-state index in [9.17, 15) is 0 Å². The summed E-state index contributed by atoms with van der Waals surface area (Å²) in [4.78, 5) is 10.7. The Balaban J connectivity index is 1.16. The molecule has 5 heterocycles. The van der Waals surface area contributed by atoms with Crippen molar-refractivity contribution < 1.29 is 0 Å². The molecule has 0 amide bonds. The first kappa shape index (κ1) is 29.5. The van der Waals surface area contributed by atoms with Gasteiger partial charge in [-0.15, -0.1) is 11.3 Å². The number of benzene rings is 7. The van der Waals surface area contributed by atoms with E-state index in [0.29, 0.717) is 0 Å². The number of pyridine rings is 1. The lowest BCUT2D eigenvalue weighted by Crippen LogP contribution is -1.99. The fourth-order valence-electron chi connectivity index (χ4n) is 8.66. The number of rotatable bonds is 4. The van der Waals surface area contributed by atoms with E-state index < -0.39 is 0 Å². The first-order valence-electron chi connectivity index (χ1n) is 18.2. The van der Waals surface area contributed by atoms with Crippen LogP contribution < -0.4 is 0 Å². The van der Waals surface area contributed by atoms with Gasteiger partial charge in [0.2, 0.25) is 5.78 Å². The highest BCUT2D eigenvalue weighted by Crippen LogP contribution is 2.44. The third-order valence-electron chi connectivity index (χ3n) is 10.9. The highest BCUT2D eigenvalue weighted by atomic mass is 32.1. The van der Waals surface area contributed by atoms with Crippen molar-refractivity contribution in [3.8, 4) is 33.8 Å². The van der Waals surface area contributed by atoms with E-state index in [0.717, 1.165) is 67.1 Å². The van der Waals surface area contributed by atoms with Crippen LogP contribution in [0.3, 0.4) is 0 Å². The number of thiophene rings is 1. The number of nitrogens with zero attached hydrogens (tertiary/aromatic N) is 5. The summed E-state index contributed by atoms with van der Waals surface area (Å²) in [7, 11) is 0. The van der Waals surface area contributed by atoms with Gasteiger partial charge >= 0.3 is 0 Å². The molecule has 12 rings (SSSR count). The molecule has 0 atom stereocenters. The molecule has 0 fully saturated rings. The fourth-order valence-corrected chi connectivity index (χ4v) is 9.86. The van der Waals surface area contributed by atoms with Crippen molar-refractivity contribution in [3.63, 3.8) is 0 Å². The molecule has 0 bridgehead atoms. The lowest BCUT2D eigenvalue weighted by Gasteiger charge is -2.16. The molecule has 0 unspecified atom stereocenters. The fraction of sp³-hybridized carbons (Fsp3) is 0. The van der Waals surface area contributed by atoms with Gasteiger partial charge in [-0.1, -0.05) is 109 Å². The second kappa shape index (κ2) is 11.2. The molecule has 6 heteroatoms. The molecule has 12 aromatic rings. The number of hydrogen-bond donors (Lipinski definition) is 0. The Kier molecular flexibility index (Phi) is 6.15. The third-order valence-corrected chi connectivity index (χ3v) is 12.1. The number of fused-ring (bicyclic) bond motifs is 12. The normalized spacial score (nSPS) is 12.1. The topological polar surface area (TPSA) is 40.0 Å². The van der Waals surface area contributed by atoms with Crippen LogP contribution in [0.15, 0.2) is 176 Å². The molecule has 0 aliphatic rings. The van der Waals surface area contributed by atoms with Crippen molar-refractivity contribution >= 4 is 81.2 Å². The van der Waals surface area contributed by atoms with Crippen molar-refractivity contribution in [2.24, 2.45) is 0 Å². The van der Waals surface area contributed by atoms with Crippen molar-refractivity contribution in [3.05, 3.63) is 176 Å². The molecule has 0 spiro atoms. The summed E-state index contributed by atoms with van der Waals surface area (Å²) in [6.07, 6.45) is 1.95. The van der Waals surface area contributed by atoms with Gasteiger partial charge in [-0.25, -0.2) is 4.98 Å². The van der Waals surface area contributed by atoms with Gasteiger partial charge in [-0.2, -0.15) is 0 Å². The van der Waals surface area contributed by atoms with Crippen LogP contribution in [0.25, 0.3) is 104 Å². The monoisotopic (exact) mass is 707 g/mol. The van der Waals surface area contributed by atoms with Gasteiger partial charge in [0.1, 0.15) is 5.52 Å². The summed E-state index contributed by atoms with van der Waals surface area (Å²) in [6.45, 7) is 0. The van der Waals surface area contributed by atoms with E-state index in [1.807, 2.05) is 17.5 Å². The van der Waals surface area contributed by atoms with Crippen molar-refractivity contribution in [2.45, 2.75) is 0 Å². The van der Waals surface area contributed by atoms with E-state index in [1.54, 1.807) is 0 Å². The van der Waals surface area contributed by atoms with Crippen LogP contribution in [0.4, 0.5) is 0 Å². The first-order valence-corrected chi connectivity index (χ1v) is 19.0. The predicted octanol–water partition coefficient (Wildman–Crippen LogP) is 12.6. The van der Waals surface area contributed by atoms with Gasteiger partial charge in [0.25, 0.3) is 0 Å². The van der Waals surface area contributed by atoms with E-state index in [4.69, 9.17) is 9.97 Å². The van der Waals surface area contributed by atoms with Crippen molar-refractivity contribution in [1.82, 2.24) is 23.5 Å². The zero-order valence-electron chi connectivity index (χ0n) is 28.9. The Labute approximate surface area is 313 Å². The molecule has 252 valence electrons. The maximum atomic E-state index is 5.61. The molecule has 0 aliphatic carbocycles. The van der Waals surface area contributed by atoms with E-state index in [-0.39, 0.29) is 0 Å². The molecule has 0 N–H and O–H groups in total. The average molecular weight is 708 g/mol. The summed E-state index contributed by atoms with van der Waals surface area (Å²) in [6, 6.07) is 60.7. The molecular weight excluding hydrogens is 679 g/mol. The second-order valence-corrected chi connectivity index (χ2v) is 14.8. The molecule has 0 radical (unpaired) electrons. The lowest BCUT2D eigenvalue weighted by molar-refractivity contribution is 1.11. The maximum Gasteiger partial charge on any atom is 0.220 e. The van der Waals surface area contributed by atoms with Gasteiger partial charge in [-0.3, -0.25) is 14.0 Å². The Hall–Kier alpha value is -7.02. The summed E-state index contributed by atoms with van der Waals surface area (Å²) in [5.74, 6) is 0.873. The van der Waals surface area contributed by atoms with Gasteiger partial charge in [0, 0.05) is 49.3 Å². The lowest BCUT2D eigenvalue weighted by atomic mass is 9.95. The predicted molar refractivity (Wildman–Crippen MR) is 225 cm³/mol. The van der Waals surface area contributed by atoms with Crippen LogP contribution in [0.5, 0.6) is 0 Å². The summed E-state index contributed by atoms with van der Waals surface area (Å²) in [5.41, 5.74) is 13.1. The molecule has 5 aromatic heterocycles. The Morgan fingerprint density at radius 3 is 2.00 bits per heavy atom. The molecule has 7 aromatic carbocycles. The molecular formula is C48H29N5S. The van der Waals surface area contributed by atoms with Gasteiger partial charge in [0.15, 0.2) is 0 Å². The standard InChI is InChI=1S/C48H29N5S/c1-2-14-30(15-3-1)51-38-21-9-7-18-33(38)36-26-27-42-45(46(36)51)50-48-52(40-23-11-12-24-41(40)53(42)48)39-22-10-6-17-32(39)31-16-4-5-20-35(31)44-47-37(28-29-49-44)34-19-8-13-25-43(34)54-47/h1-29H. The highest BCUT2D eigenvalue weighted by molar-refractivity contribution is 7.26. The van der Waals surface area contributed by atoms with E-state index in [1.165, 1.54) is 36.5 Å².